The van der Waals surface area contributed by atoms with Crippen molar-refractivity contribution in [2.45, 2.75) is 6.54 Å². The van der Waals surface area contributed by atoms with Gasteiger partial charge in [-0.1, -0.05) is 29.3 Å². The van der Waals surface area contributed by atoms with Crippen molar-refractivity contribution < 1.29 is 4.39 Å². The van der Waals surface area contributed by atoms with Gasteiger partial charge < -0.3 is 9.47 Å². The first-order valence-electron chi connectivity index (χ1n) is 9.40. The van der Waals surface area contributed by atoms with Crippen LogP contribution in [-0.2, 0) is 13.6 Å². The fraction of sp³-hybridized carbons (Fsp3) is 0.286. The molecule has 0 spiro atoms. The summed E-state index contributed by atoms with van der Waals surface area (Å²) in [5, 5.41) is 10.4. The third-order valence-corrected chi connectivity index (χ3v) is 5.99. The normalized spacial score (nSPS) is 14.8. The predicted molar refractivity (Wildman–Crippen MR) is 116 cm³/mol. The number of aryl methyl sites for hydroxylation is 1. The molecular weight excluding hydrogens is 428 g/mol. The van der Waals surface area contributed by atoms with E-state index in [9.17, 15) is 14.4 Å². The van der Waals surface area contributed by atoms with Crippen LogP contribution in [0.5, 0.6) is 0 Å². The lowest BCUT2D eigenvalue weighted by atomic mass is 10.1. The van der Waals surface area contributed by atoms with Crippen molar-refractivity contribution in [2.24, 2.45) is 7.05 Å². The number of piperazine rings is 1. The molecule has 0 amide bonds. The maximum absolute atomic E-state index is 14.1. The van der Waals surface area contributed by atoms with Crippen LogP contribution in [0.2, 0.25) is 10.2 Å². The molecule has 6 nitrogen and oxygen atoms in total. The largest absolute Gasteiger partial charge is 0.366 e. The van der Waals surface area contributed by atoms with E-state index in [1.807, 2.05) is 11.0 Å². The first-order valence-corrected chi connectivity index (χ1v) is 10.2. The van der Waals surface area contributed by atoms with Gasteiger partial charge in [0.05, 0.1) is 11.2 Å². The molecule has 1 aliphatic rings. The molecule has 1 aliphatic heterocycles. The maximum Gasteiger partial charge on any atom is 0.270 e. The van der Waals surface area contributed by atoms with E-state index in [1.54, 1.807) is 31.3 Å². The number of nitrogens with zero attached hydrogens (tertiary/aromatic N) is 5. The minimum absolute atomic E-state index is 0.0466. The Kier molecular flexibility index (Phi) is 5.65. The lowest BCUT2D eigenvalue weighted by molar-refractivity contribution is 0.247. The van der Waals surface area contributed by atoms with E-state index in [1.165, 1.54) is 10.6 Å². The average Bonchev–Trinajstić information content (AvgIpc) is 2.74. The molecule has 0 aliphatic carbocycles. The average molecular weight is 446 g/mol. The molecule has 2 aromatic heterocycles. The molecule has 1 aromatic carbocycles. The van der Waals surface area contributed by atoms with Crippen molar-refractivity contribution in [2.75, 3.05) is 31.1 Å². The van der Waals surface area contributed by atoms with Crippen molar-refractivity contribution in [3.05, 3.63) is 67.8 Å². The van der Waals surface area contributed by atoms with Crippen LogP contribution in [0.1, 0.15) is 11.1 Å². The first kappa shape index (κ1) is 20.6. The number of rotatable bonds is 3. The summed E-state index contributed by atoms with van der Waals surface area (Å²) >= 11 is 12.3. The Morgan fingerprint density at radius 2 is 1.90 bits per heavy atom. The van der Waals surface area contributed by atoms with Gasteiger partial charge in [0.15, 0.2) is 0 Å². The molecule has 1 fully saturated rings. The number of hydrogen-bond acceptors (Lipinski definition) is 5. The Hall–Kier alpha value is -2.66. The predicted octanol–water partition coefficient (Wildman–Crippen LogP) is 3.57. The number of aromatic nitrogens is 2. The zero-order chi connectivity index (χ0) is 21.4. The Bertz CT molecular complexity index is 1210. The monoisotopic (exact) mass is 445 g/mol. The summed E-state index contributed by atoms with van der Waals surface area (Å²) in [6, 6.07) is 10.1. The summed E-state index contributed by atoms with van der Waals surface area (Å²) in [4.78, 5) is 21.2. The highest BCUT2D eigenvalue weighted by molar-refractivity contribution is 6.31. The summed E-state index contributed by atoms with van der Waals surface area (Å²) in [7, 11) is 1.61. The molecular formula is C21H18Cl2FN5O. The van der Waals surface area contributed by atoms with Gasteiger partial charge in [-0.3, -0.25) is 9.69 Å². The lowest BCUT2D eigenvalue weighted by Gasteiger charge is -2.36. The Labute approximate surface area is 182 Å². The minimum atomic E-state index is -0.371. The van der Waals surface area contributed by atoms with Gasteiger partial charge in [-0.15, -0.1) is 0 Å². The second kappa shape index (κ2) is 8.23. The third-order valence-electron chi connectivity index (χ3n) is 5.42. The van der Waals surface area contributed by atoms with E-state index < -0.39 is 0 Å². The van der Waals surface area contributed by atoms with E-state index >= 15 is 0 Å². The maximum atomic E-state index is 14.1. The number of hydrogen-bond donors (Lipinski definition) is 0. The molecule has 1 saturated heterocycles. The fourth-order valence-corrected chi connectivity index (χ4v) is 4.19. The Morgan fingerprint density at radius 1 is 1.17 bits per heavy atom. The van der Waals surface area contributed by atoms with Gasteiger partial charge >= 0.3 is 0 Å². The minimum Gasteiger partial charge on any atom is -0.366 e. The highest BCUT2D eigenvalue weighted by Crippen LogP contribution is 2.29. The zero-order valence-corrected chi connectivity index (χ0v) is 17.7. The zero-order valence-electron chi connectivity index (χ0n) is 16.2. The number of anilines is 1. The van der Waals surface area contributed by atoms with Crippen LogP contribution in [0.25, 0.3) is 11.0 Å². The topological polar surface area (TPSA) is 65.2 Å². The fourth-order valence-electron chi connectivity index (χ4n) is 3.81. The highest BCUT2D eigenvalue weighted by Gasteiger charge is 2.26. The second-order valence-corrected chi connectivity index (χ2v) is 7.96. The number of nitriles is 1. The quantitative estimate of drug-likeness (QED) is 0.576. The van der Waals surface area contributed by atoms with E-state index in [0.717, 1.165) is 0 Å². The number of benzene rings is 1. The summed E-state index contributed by atoms with van der Waals surface area (Å²) in [6.45, 7) is 2.74. The van der Waals surface area contributed by atoms with Gasteiger partial charge in [0.2, 0.25) is 0 Å². The van der Waals surface area contributed by atoms with E-state index in [0.29, 0.717) is 65.2 Å². The van der Waals surface area contributed by atoms with Crippen LogP contribution in [0.15, 0.2) is 35.1 Å². The Morgan fingerprint density at radius 3 is 2.57 bits per heavy atom. The highest BCUT2D eigenvalue weighted by atomic mass is 35.5. The molecule has 154 valence electrons. The van der Waals surface area contributed by atoms with E-state index in [2.05, 4.69) is 9.88 Å². The standard InChI is InChI=1S/C21H18Cl2FN5O/c1-27-17-5-6-18(23)26-19(17)20(13(11-25)21(27)30)29-9-7-28(8-10-29)12-14-15(22)3-2-4-16(14)24/h2-6H,7-10,12H2,1H3. The molecule has 0 unspecified atom stereocenters. The van der Waals surface area contributed by atoms with Gasteiger partial charge in [0.25, 0.3) is 5.56 Å². The number of pyridine rings is 2. The van der Waals surface area contributed by atoms with E-state index in [-0.39, 0.29) is 16.9 Å². The second-order valence-electron chi connectivity index (χ2n) is 7.16. The number of halogens is 3. The van der Waals surface area contributed by atoms with Gasteiger partial charge in [-0.05, 0) is 24.3 Å². The van der Waals surface area contributed by atoms with Crippen molar-refractivity contribution >= 4 is 39.9 Å². The molecule has 0 saturated carbocycles. The van der Waals surface area contributed by atoms with Gasteiger partial charge in [-0.2, -0.15) is 5.26 Å². The van der Waals surface area contributed by atoms with Gasteiger partial charge in [0, 0.05) is 50.4 Å². The summed E-state index contributed by atoms with van der Waals surface area (Å²) in [5.74, 6) is -0.326. The van der Waals surface area contributed by atoms with Crippen molar-refractivity contribution in [3.8, 4) is 6.07 Å². The molecule has 0 bridgehead atoms. The molecule has 3 heterocycles. The smallest absolute Gasteiger partial charge is 0.270 e. The van der Waals surface area contributed by atoms with Crippen molar-refractivity contribution in [1.29, 1.82) is 5.26 Å². The molecule has 3 aromatic rings. The SMILES string of the molecule is Cn1c(=O)c(C#N)c(N2CCN(Cc3c(F)cccc3Cl)CC2)c2nc(Cl)ccc21. The first-order chi connectivity index (χ1) is 14.4. The van der Waals surface area contributed by atoms with Crippen LogP contribution in [0, 0.1) is 17.1 Å². The third kappa shape index (κ3) is 3.63. The van der Waals surface area contributed by atoms with E-state index in [4.69, 9.17) is 23.2 Å². The van der Waals surface area contributed by atoms with Gasteiger partial charge in [-0.25, -0.2) is 9.37 Å². The van der Waals surface area contributed by atoms with Gasteiger partial charge in [0.1, 0.15) is 28.1 Å². The van der Waals surface area contributed by atoms with Crippen LogP contribution >= 0.6 is 23.2 Å². The van der Waals surface area contributed by atoms with Crippen LogP contribution in [-0.4, -0.2) is 40.6 Å². The lowest BCUT2D eigenvalue weighted by Crippen LogP contribution is -2.47. The molecule has 0 atom stereocenters. The summed E-state index contributed by atoms with van der Waals surface area (Å²) < 4.78 is 15.5. The van der Waals surface area contributed by atoms with Crippen molar-refractivity contribution in [1.82, 2.24) is 14.5 Å². The molecule has 0 radical (unpaired) electrons. The van der Waals surface area contributed by atoms with Crippen LogP contribution < -0.4 is 10.5 Å². The number of fused-ring (bicyclic) bond motifs is 1. The summed E-state index contributed by atoms with van der Waals surface area (Å²) in [6.07, 6.45) is 0. The summed E-state index contributed by atoms with van der Waals surface area (Å²) in [5.41, 5.74) is 1.78. The van der Waals surface area contributed by atoms with Crippen molar-refractivity contribution in [3.63, 3.8) is 0 Å². The molecule has 30 heavy (non-hydrogen) atoms. The van der Waals surface area contributed by atoms with Crippen LogP contribution in [0.4, 0.5) is 10.1 Å². The molecule has 4 rings (SSSR count). The molecule has 9 heteroatoms. The van der Waals surface area contributed by atoms with Crippen LogP contribution in [0.3, 0.4) is 0 Å². The Balaban J connectivity index is 1.65. The molecule has 0 N–H and O–H groups in total.